The van der Waals surface area contributed by atoms with E-state index in [0.29, 0.717) is 26.1 Å². The lowest BCUT2D eigenvalue weighted by Crippen LogP contribution is -2.54. The minimum atomic E-state index is -0.668. The third-order valence-electron chi connectivity index (χ3n) is 3.39. The quantitative estimate of drug-likeness (QED) is 0.704. The molecule has 5 nitrogen and oxygen atoms in total. The highest BCUT2D eigenvalue weighted by Crippen LogP contribution is 2.21. The highest BCUT2D eigenvalue weighted by molar-refractivity contribution is 5.95. The van der Waals surface area contributed by atoms with Crippen molar-refractivity contribution in [3.63, 3.8) is 0 Å². The molecule has 1 saturated heterocycles. The van der Waals surface area contributed by atoms with E-state index < -0.39 is 11.4 Å². The van der Waals surface area contributed by atoms with E-state index in [1.165, 1.54) is 12.1 Å². The Morgan fingerprint density at radius 1 is 1.47 bits per heavy atom. The summed E-state index contributed by atoms with van der Waals surface area (Å²) < 4.78 is 18.3. The summed E-state index contributed by atoms with van der Waals surface area (Å²) in [6, 6.07) is 3.81. The van der Waals surface area contributed by atoms with Crippen molar-refractivity contribution in [2.24, 2.45) is 0 Å². The highest BCUT2D eigenvalue weighted by atomic mass is 19.1. The third kappa shape index (κ3) is 3.02. The van der Waals surface area contributed by atoms with Crippen molar-refractivity contribution >= 4 is 11.6 Å². The number of nitrogens with two attached hydrogens (primary N) is 1. The summed E-state index contributed by atoms with van der Waals surface area (Å²) in [5.74, 6) is -0.929. The van der Waals surface area contributed by atoms with Crippen molar-refractivity contribution in [3.8, 4) is 0 Å². The molecular formula is C13H17FN2O3. The standard InChI is InChI=1S/C13H17FN2O3/c14-10-2-1-9(7-11(10)15)12(18)16-13(8-17)3-5-19-6-4-13/h1-2,7,17H,3-6,8,15H2,(H,16,18). The van der Waals surface area contributed by atoms with Gasteiger partial charge in [-0.3, -0.25) is 4.79 Å². The molecule has 1 heterocycles. The van der Waals surface area contributed by atoms with Crippen LogP contribution in [0.25, 0.3) is 0 Å². The van der Waals surface area contributed by atoms with Crippen LogP contribution in [0.15, 0.2) is 18.2 Å². The zero-order chi connectivity index (χ0) is 13.9. The number of carbonyl (C=O) groups is 1. The van der Waals surface area contributed by atoms with Gasteiger partial charge in [-0.05, 0) is 31.0 Å². The maximum Gasteiger partial charge on any atom is 0.251 e. The third-order valence-corrected chi connectivity index (χ3v) is 3.39. The SMILES string of the molecule is Nc1cc(C(=O)NC2(CO)CCOCC2)ccc1F. The highest BCUT2D eigenvalue weighted by Gasteiger charge is 2.33. The Kier molecular flexibility index (Phi) is 4.01. The van der Waals surface area contributed by atoms with Gasteiger partial charge in [0.05, 0.1) is 17.8 Å². The van der Waals surface area contributed by atoms with Crippen molar-refractivity contribution in [3.05, 3.63) is 29.6 Å². The Balaban J connectivity index is 2.12. The molecule has 0 saturated carbocycles. The van der Waals surface area contributed by atoms with Gasteiger partial charge in [-0.15, -0.1) is 0 Å². The number of carbonyl (C=O) groups excluding carboxylic acids is 1. The number of halogens is 1. The van der Waals surface area contributed by atoms with Crippen LogP contribution in [0.5, 0.6) is 0 Å². The lowest BCUT2D eigenvalue weighted by Gasteiger charge is -2.36. The summed E-state index contributed by atoms with van der Waals surface area (Å²) in [4.78, 5) is 12.1. The van der Waals surface area contributed by atoms with Gasteiger partial charge in [-0.2, -0.15) is 0 Å². The van der Waals surface area contributed by atoms with Gasteiger partial charge in [0.25, 0.3) is 5.91 Å². The lowest BCUT2D eigenvalue weighted by molar-refractivity contribution is 0.0125. The van der Waals surface area contributed by atoms with Crippen LogP contribution in [-0.4, -0.2) is 36.4 Å². The molecule has 0 atom stereocenters. The van der Waals surface area contributed by atoms with E-state index in [1.807, 2.05) is 0 Å². The van der Waals surface area contributed by atoms with Crippen LogP contribution >= 0.6 is 0 Å². The predicted molar refractivity (Wildman–Crippen MR) is 68.1 cm³/mol. The van der Waals surface area contributed by atoms with E-state index in [2.05, 4.69) is 5.32 Å². The van der Waals surface area contributed by atoms with Crippen molar-refractivity contribution in [2.45, 2.75) is 18.4 Å². The summed E-state index contributed by atoms with van der Waals surface area (Å²) in [6.45, 7) is 0.831. The lowest BCUT2D eigenvalue weighted by atomic mass is 9.90. The van der Waals surface area contributed by atoms with Crippen LogP contribution in [-0.2, 0) is 4.74 Å². The van der Waals surface area contributed by atoms with Crippen LogP contribution in [0, 0.1) is 5.82 Å². The molecule has 0 unspecified atom stereocenters. The molecule has 2 rings (SSSR count). The Morgan fingerprint density at radius 3 is 2.74 bits per heavy atom. The number of hydrogen-bond acceptors (Lipinski definition) is 4. The number of nitrogens with one attached hydrogen (secondary N) is 1. The maximum atomic E-state index is 13.0. The van der Waals surface area contributed by atoms with Crippen molar-refractivity contribution in [1.29, 1.82) is 0 Å². The van der Waals surface area contributed by atoms with Gasteiger partial charge in [0, 0.05) is 18.8 Å². The normalized spacial score (nSPS) is 18.0. The zero-order valence-electron chi connectivity index (χ0n) is 10.5. The summed E-state index contributed by atoms with van der Waals surface area (Å²) in [5, 5.41) is 12.3. The largest absolute Gasteiger partial charge is 0.396 e. The molecule has 4 N–H and O–H groups in total. The van der Waals surface area contributed by atoms with E-state index >= 15 is 0 Å². The second-order valence-corrected chi connectivity index (χ2v) is 4.74. The summed E-state index contributed by atoms with van der Waals surface area (Å²) in [6.07, 6.45) is 1.10. The monoisotopic (exact) mass is 268 g/mol. The first-order valence-electron chi connectivity index (χ1n) is 6.12. The summed E-state index contributed by atoms with van der Waals surface area (Å²) in [5.41, 5.74) is 4.97. The first-order chi connectivity index (χ1) is 9.06. The summed E-state index contributed by atoms with van der Waals surface area (Å²) in [7, 11) is 0. The van der Waals surface area contributed by atoms with Crippen LogP contribution in [0.3, 0.4) is 0 Å². The van der Waals surface area contributed by atoms with Gasteiger partial charge in [-0.1, -0.05) is 0 Å². The van der Waals surface area contributed by atoms with Gasteiger partial charge in [0.2, 0.25) is 0 Å². The van der Waals surface area contributed by atoms with E-state index in [4.69, 9.17) is 10.5 Å². The molecule has 0 aliphatic carbocycles. The maximum absolute atomic E-state index is 13.0. The molecule has 104 valence electrons. The second kappa shape index (κ2) is 5.54. The molecule has 1 aliphatic rings. The van der Waals surface area contributed by atoms with Gasteiger partial charge in [-0.25, -0.2) is 4.39 Å². The molecule has 0 spiro atoms. The topological polar surface area (TPSA) is 84.6 Å². The molecule has 6 heteroatoms. The number of anilines is 1. The number of aliphatic hydroxyl groups is 1. The number of aliphatic hydroxyl groups excluding tert-OH is 1. The molecule has 0 bridgehead atoms. The van der Waals surface area contributed by atoms with Gasteiger partial charge >= 0.3 is 0 Å². The number of ether oxygens (including phenoxy) is 1. The molecule has 1 aromatic carbocycles. The first-order valence-corrected chi connectivity index (χ1v) is 6.12. The van der Waals surface area contributed by atoms with Crippen LogP contribution in [0.4, 0.5) is 10.1 Å². The summed E-state index contributed by atoms with van der Waals surface area (Å²) >= 11 is 0. The Hall–Kier alpha value is -1.66. The smallest absolute Gasteiger partial charge is 0.251 e. The average molecular weight is 268 g/mol. The number of amides is 1. The molecule has 1 aromatic rings. The van der Waals surface area contributed by atoms with E-state index in [-0.39, 0.29) is 23.8 Å². The zero-order valence-corrected chi connectivity index (χ0v) is 10.5. The van der Waals surface area contributed by atoms with E-state index in [0.717, 1.165) is 6.07 Å². The minimum Gasteiger partial charge on any atom is -0.396 e. The Morgan fingerprint density at radius 2 is 2.16 bits per heavy atom. The molecule has 1 fully saturated rings. The molecule has 0 aromatic heterocycles. The Labute approximate surface area is 110 Å². The number of rotatable bonds is 3. The van der Waals surface area contributed by atoms with E-state index in [9.17, 15) is 14.3 Å². The van der Waals surface area contributed by atoms with Crippen LogP contribution in [0.2, 0.25) is 0 Å². The van der Waals surface area contributed by atoms with Gasteiger partial charge in [0.1, 0.15) is 5.82 Å². The number of benzene rings is 1. The fourth-order valence-electron chi connectivity index (χ4n) is 2.08. The number of hydrogen-bond donors (Lipinski definition) is 3. The first kappa shape index (κ1) is 13.8. The minimum absolute atomic E-state index is 0.0716. The van der Waals surface area contributed by atoms with Crippen LogP contribution < -0.4 is 11.1 Å². The van der Waals surface area contributed by atoms with Crippen molar-refractivity contribution in [2.75, 3.05) is 25.6 Å². The fourth-order valence-corrected chi connectivity index (χ4v) is 2.08. The molecule has 19 heavy (non-hydrogen) atoms. The molecule has 1 aliphatic heterocycles. The number of nitrogen functional groups attached to an aromatic ring is 1. The average Bonchev–Trinajstić information content (AvgIpc) is 2.43. The van der Waals surface area contributed by atoms with Crippen molar-refractivity contribution < 1.29 is 19.0 Å². The molecular weight excluding hydrogens is 251 g/mol. The van der Waals surface area contributed by atoms with E-state index in [1.54, 1.807) is 0 Å². The molecule has 1 amide bonds. The van der Waals surface area contributed by atoms with Crippen LogP contribution in [0.1, 0.15) is 23.2 Å². The van der Waals surface area contributed by atoms with Gasteiger partial charge < -0.3 is 20.9 Å². The second-order valence-electron chi connectivity index (χ2n) is 4.74. The Bertz CT molecular complexity index is 473. The molecule has 0 radical (unpaired) electrons. The predicted octanol–water partition coefficient (Wildman–Crippen LogP) is 0.679. The van der Waals surface area contributed by atoms with Crippen molar-refractivity contribution in [1.82, 2.24) is 5.32 Å². The van der Waals surface area contributed by atoms with Gasteiger partial charge in [0.15, 0.2) is 0 Å². The fraction of sp³-hybridized carbons (Fsp3) is 0.462.